The molecule has 110 valence electrons. The molecular weight excluding hydrogens is 260 g/mol. The molecule has 0 aliphatic heterocycles. The summed E-state index contributed by atoms with van der Waals surface area (Å²) < 4.78 is 0. The average molecular weight is 282 g/mol. The second-order valence-corrected chi connectivity index (χ2v) is 5.21. The van der Waals surface area contributed by atoms with Gasteiger partial charge in [0.15, 0.2) is 0 Å². The number of benzene rings is 2. The maximum Gasteiger partial charge on any atom is 0.224 e. The summed E-state index contributed by atoms with van der Waals surface area (Å²) in [6.45, 7) is 2.61. The van der Waals surface area contributed by atoms with E-state index in [1.807, 2.05) is 42.5 Å². The predicted molar refractivity (Wildman–Crippen MR) is 88.0 cm³/mol. The highest BCUT2D eigenvalue weighted by Gasteiger charge is 2.10. The van der Waals surface area contributed by atoms with E-state index in [4.69, 9.17) is 5.73 Å². The first-order chi connectivity index (χ1) is 10.2. The Balaban J connectivity index is 1.98. The van der Waals surface area contributed by atoms with Gasteiger partial charge in [0.25, 0.3) is 0 Å². The van der Waals surface area contributed by atoms with Crippen molar-refractivity contribution in [2.45, 2.75) is 19.8 Å². The molecular formula is C18H22N2O. The minimum atomic E-state index is 0.0276. The van der Waals surface area contributed by atoms with Crippen LogP contribution in [0.1, 0.15) is 19.8 Å². The van der Waals surface area contributed by atoms with Gasteiger partial charge in [0.1, 0.15) is 0 Å². The third-order valence-electron chi connectivity index (χ3n) is 3.66. The summed E-state index contributed by atoms with van der Waals surface area (Å²) in [5, 5.41) is 2.93. The predicted octanol–water partition coefficient (Wildman–Crippen LogP) is 3.67. The molecule has 1 unspecified atom stereocenters. The van der Waals surface area contributed by atoms with Crippen LogP contribution in [0.25, 0.3) is 11.1 Å². The molecule has 1 amide bonds. The van der Waals surface area contributed by atoms with Crippen LogP contribution < -0.4 is 11.1 Å². The fraction of sp³-hybridized carbons (Fsp3) is 0.278. The van der Waals surface area contributed by atoms with Crippen molar-refractivity contribution in [3.63, 3.8) is 0 Å². The molecule has 3 heteroatoms. The van der Waals surface area contributed by atoms with Gasteiger partial charge in [0, 0.05) is 12.1 Å². The van der Waals surface area contributed by atoms with Crippen LogP contribution >= 0.6 is 0 Å². The molecule has 0 saturated carbocycles. The fourth-order valence-corrected chi connectivity index (χ4v) is 2.25. The Morgan fingerprint density at radius 3 is 2.24 bits per heavy atom. The number of hydrogen-bond donors (Lipinski definition) is 2. The molecule has 0 saturated heterocycles. The summed E-state index contributed by atoms with van der Waals surface area (Å²) in [6.07, 6.45) is 1.41. The van der Waals surface area contributed by atoms with Gasteiger partial charge in [-0.25, -0.2) is 0 Å². The largest absolute Gasteiger partial charge is 0.330 e. The van der Waals surface area contributed by atoms with Crippen molar-refractivity contribution in [2.75, 3.05) is 11.9 Å². The summed E-state index contributed by atoms with van der Waals surface area (Å²) in [6, 6.07) is 18.1. The third kappa shape index (κ3) is 4.43. The van der Waals surface area contributed by atoms with Gasteiger partial charge in [-0.2, -0.15) is 0 Å². The van der Waals surface area contributed by atoms with Gasteiger partial charge >= 0.3 is 0 Å². The van der Waals surface area contributed by atoms with Crippen molar-refractivity contribution >= 4 is 11.6 Å². The second kappa shape index (κ2) is 7.60. The first kappa shape index (κ1) is 15.3. The molecule has 0 aromatic heterocycles. The molecule has 0 radical (unpaired) electrons. The van der Waals surface area contributed by atoms with Crippen LogP contribution in [-0.2, 0) is 4.79 Å². The van der Waals surface area contributed by atoms with E-state index in [2.05, 4.69) is 24.4 Å². The number of anilines is 1. The first-order valence-electron chi connectivity index (χ1n) is 7.38. The van der Waals surface area contributed by atoms with Crippen molar-refractivity contribution in [3.05, 3.63) is 54.6 Å². The van der Waals surface area contributed by atoms with Crippen molar-refractivity contribution in [2.24, 2.45) is 11.7 Å². The maximum absolute atomic E-state index is 11.9. The Labute approximate surface area is 126 Å². The SMILES string of the molecule is CCC(CN)CC(=O)Nc1ccc(-c2ccccc2)cc1. The second-order valence-electron chi connectivity index (χ2n) is 5.21. The Kier molecular flexibility index (Phi) is 5.52. The number of carbonyl (C=O) groups excluding carboxylic acids is 1. The van der Waals surface area contributed by atoms with E-state index in [0.29, 0.717) is 13.0 Å². The Hall–Kier alpha value is -2.13. The number of rotatable bonds is 6. The lowest BCUT2D eigenvalue weighted by Gasteiger charge is -2.12. The van der Waals surface area contributed by atoms with E-state index >= 15 is 0 Å². The van der Waals surface area contributed by atoms with Crippen molar-refractivity contribution in [1.82, 2.24) is 0 Å². The summed E-state index contributed by atoms with van der Waals surface area (Å²) in [5.74, 6) is 0.286. The van der Waals surface area contributed by atoms with Crippen molar-refractivity contribution < 1.29 is 4.79 Å². The minimum Gasteiger partial charge on any atom is -0.330 e. The number of carbonyl (C=O) groups is 1. The zero-order valence-electron chi connectivity index (χ0n) is 12.4. The van der Waals surface area contributed by atoms with Crippen LogP contribution in [0.3, 0.4) is 0 Å². The molecule has 0 heterocycles. The van der Waals surface area contributed by atoms with Gasteiger partial charge in [0.05, 0.1) is 0 Å². The van der Waals surface area contributed by atoms with E-state index in [1.54, 1.807) is 0 Å². The topological polar surface area (TPSA) is 55.1 Å². The van der Waals surface area contributed by atoms with Crippen molar-refractivity contribution in [1.29, 1.82) is 0 Å². The molecule has 0 aliphatic carbocycles. The molecule has 0 fully saturated rings. The van der Waals surface area contributed by atoms with Gasteiger partial charge in [-0.3, -0.25) is 4.79 Å². The van der Waals surface area contributed by atoms with Crippen LogP contribution in [0.5, 0.6) is 0 Å². The monoisotopic (exact) mass is 282 g/mol. The molecule has 2 rings (SSSR count). The van der Waals surface area contributed by atoms with Crippen LogP contribution in [-0.4, -0.2) is 12.5 Å². The van der Waals surface area contributed by atoms with E-state index in [1.165, 1.54) is 5.56 Å². The molecule has 21 heavy (non-hydrogen) atoms. The molecule has 3 N–H and O–H groups in total. The summed E-state index contributed by atoms with van der Waals surface area (Å²) in [7, 11) is 0. The number of nitrogens with two attached hydrogens (primary N) is 1. The summed E-state index contributed by atoms with van der Waals surface area (Å²) in [4.78, 5) is 11.9. The standard InChI is InChI=1S/C18H22N2O/c1-2-14(13-19)12-18(21)20-17-10-8-16(9-11-17)15-6-4-3-5-7-15/h3-11,14H,2,12-13,19H2,1H3,(H,20,21). The number of hydrogen-bond acceptors (Lipinski definition) is 2. The fourth-order valence-electron chi connectivity index (χ4n) is 2.25. The van der Waals surface area contributed by atoms with Gasteiger partial charge in [0.2, 0.25) is 5.91 Å². The normalized spacial score (nSPS) is 11.9. The van der Waals surface area contributed by atoms with Crippen LogP contribution in [0, 0.1) is 5.92 Å². The molecule has 2 aromatic carbocycles. The zero-order chi connectivity index (χ0) is 15.1. The molecule has 1 atom stereocenters. The lowest BCUT2D eigenvalue weighted by Crippen LogP contribution is -2.21. The highest BCUT2D eigenvalue weighted by Crippen LogP contribution is 2.21. The third-order valence-corrected chi connectivity index (χ3v) is 3.66. The molecule has 3 nitrogen and oxygen atoms in total. The Morgan fingerprint density at radius 2 is 1.67 bits per heavy atom. The number of nitrogens with one attached hydrogen (secondary N) is 1. The molecule has 2 aromatic rings. The van der Waals surface area contributed by atoms with Gasteiger partial charge in [-0.1, -0.05) is 55.8 Å². The van der Waals surface area contributed by atoms with E-state index in [0.717, 1.165) is 17.7 Å². The quantitative estimate of drug-likeness (QED) is 0.849. The Bertz CT molecular complexity index is 560. The maximum atomic E-state index is 11.9. The van der Waals surface area contributed by atoms with Crippen LogP contribution in [0.2, 0.25) is 0 Å². The summed E-state index contributed by atoms with van der Waals surface area (Å²) >= 11 is 0. The smallest absolute Gasteiger partial charge is 0.224 e. The van der Waals surface area contributed by atoms with E-state index in [-0.39, 0.29) is 11.8 Å². The van der Waals surface area contributed by atoms with Crippen molar-refractivity contribution in [3.8, 4) is 11.1 Å². The van der Waals surface area contributed by atoms with Crippen LogP contribution in [0.4, 0.5) is 5.69 Å². The minimum absolute atomic E-state index is 0.0276. The van der Waals surface area contributed by atoms with Crippen LogP contribution in [0.15, 0.2) is 54.6 Å². The van der Waals surface area contributed by atoms with Gasteiger partial charge in [-0.15, -0.1) is 0 Å². The molecule has 0 spiro atoms. The highest BCUT2D eigenvalue weighted by atomic mass is 16.1. The molecule has 0 aliphatic rings. The lowest BCUT2D eigenvalue weighted by molar-refractivity contribution is -0.117. The Morgan fingerprint density at radius 1 is 1.05 bits per heavy atom. The highest BCUT2D eigenvalue weighted by molar-refractivity contribution is 5.91. The molecule has 0 bridgehead atoms. The van der Waals surface area contributed by atoms with E-state index < -0.39 is 0 Å². The zero-order valence-corrected chi connectivity index (χ0v) is 12.4. The van der Waals surface area contributed by atoms with Gasteiger partial charge in [-0.05, 0) is 35.7 Å². The lowest BCUT2D eigenvalue weighted by atomic mass is 10.0. The van der Waals surface area contributed by atoms with E-state index in [9.17, 15) is 4.79 Å². The van der Waals surface area contributed by atoms with Gasteiger partial charge < -0.3 is 11.1 Å². The summed E-state index contributed by atoms with van der Waals surface area (Å²) in [5.41, 5.74) is 8.77. The average Bonchev–Trinajstić information content (AvgIpc) is 2.54. The first-order valence-corrected chi connectivity index (χ1v) is 7.38. The number of amides is 1.